The smallest absolute Gasteiger partial charge is 0.410 e. The molecule has 156 valence electrons. The molecule has 28 heavy (non-hydrogen) atoms. The largest absolute Gasteiger partial charge is 0.445 e. The first-order valence-corrected chi connectivity index (χ1v) is 10.5. The third-order valence-electron chi connectivity index (χ3n) is 5.15. The highest BCUT2D eigenvalue weighted by molar-refractivity contribution is 5.87. The van der Waals surface area contributed by atoms with Gasteiger partial charge in [0.05, 0.1) is 6.10 Å². The average molecular weight is 391 g/mol. The number of nitrogens with zero attached hydrogens (tertiary/aromatic N) is 2. The molecule has 1 aliphatic rings. The molecule has 0 radical (unpaired) electrons. The van der Waals surface area contributed by atoms with Crippen LogP contribution in [0.25, 0.3) is 0 Å². The second kappa shape index (κ2) is 11.7. The topological polar surface area (TPSA) is 70.1 Å². The number of hydrogen-bond donors (Lipinski definition) is 1. The van der Waals surface area contributed by atoms with Crippen LogP contribution in [0.4, 0.5) is 4.79 Å². The highest BCUT2D eigenvalue weighted by atomic mass is 16.6. The Morgan fingerprint density at radius 1 is 1.11 bits per heavy atom. The molecule has 6 nitrogen and oxygen atoms in total. The van der Waals surface area contributed by atoms with Gasteiger partial charge >= 0.3 is 6.09 Å². The molecular formula is C22H34N2O4. The van der Waals surface area contributed by atoms with Gasteiger partial charge in [-0.05, 0) is 24.8 Å². The standard InChI is InChI=1S/C22H34N2O4/c1-3-5-6-10-15-23(14-4-2)21(26)20-19(25)13-16-24(20)22(27)28-17-18-11-8-7-9-12-18/h7-9,11-12,19-20,25H,3-6,10,13-17H2,1-2H3/t19?,20-/m0/s1. The molecule has 1 aliphatic heterocycles. The number of rotatable bonds is 10. The van der Waals surface area contributed by atoms with E-state index in [0.717, 1.165) is 37.7 Å². The van der Waals surface area contributed by atoms with Gasteiger partial charge in [-0.2, -0.15) is 0 Å². The maximum Gasteiger partial charge on any atom is 0.410 e. The zero-order chi connectivity index (χ0) is 20.4. The zero-order valence-corrected chi connectivity index (χ0v) is 17.2. The molecule has 1 heterocycles. The summed E-state index contributed by atoms with van der Waals surface area (Å²) in [5.74, 6) is -0.167. The van der Waals surface area contributed by atoms with Crippen LogP contribution in [0.1, 0.15) is 57.9 Å². The van der Waals surface area contributed by atoms with Crippen molar-refractivity contribution in [3.8, 4) is 0 Å². The first-order valence-electron chi connectivity index (χ1n) is 10.5. The lowest BCUT2D eigenvalue weighted by molar-refractivity contribution is -0.138. The van der Waals surface area contributed by atoms with Crippen LogP contribution >= 0.6 is 0 Å². The van der Waals surface area contributed by atoms with Gasteiger partial charge in [0.2, 0.25) is 5.91 Å². The molecular weight excluding hydrogens is 356 g/mol. The van der Waals surface area contributed by atoms with Gasteiger partial charge in [-0.1, -0.05) is 63.4 Å². The molecule has 1 aromatic carbocycles. The van der Waals surface area contributed by atoms with Crippen molar-refractivity contribution in [2.45, 2.75) is 71.1 Å². The van der Waals surface area contributed by atoms with E-state index in [2.05, 4.69) is 6.92 Å². The molecule has 0 saturated carbocycles. The summed E-state index contributed by atoms with van der Waals surface area (Å²) in [6, 6.07) is 8.59. The van der Waals surface area contributed by atoms with Crippen LogP contribution < -0.4 is 0 Å². The van der Waals surface area contributed by atoms with E-state index in [-0.39, 0.29) is 12.5 Å². The van der Waals surface area contributed by atoms with E-state index < -0.39 is 18.2 Å². The number of likely N-dealkylation sites (tertiary alicyclic amines) is 1. The number of aliphatic hydroxyl groups is 1. The van der Waals surface area contributed by atoms with Crippen molar-refractivity contribution in [3.63, 3.8) is 0 Å². The quantitative estimate of drug-likeness (QED) is 0.620. The summed E-state index contributed by atoms with van der Waals surface area (Å²) in [4.78, 5) is 28.9. The van der Waals surface area contributed by atoms with E-state index >= 15 is 0 Å². The Morgan fingerprint density at radius 2 is 1.86 bits per heavy atom. The lowest BCUT2D eigenvalue weighted by Crippen LogP contribution is -2.52. The van der Waals surface area contributed by atoms with Gasteiger partial charge in [0.25, 0.3) is 0 Å². The van der Waals surface area contributed by atoms with Crippen molar-refractivity contribution in [3.05, 3.63) is 35.9 Å². The van der Waals surface area contributed by atoms with E-state index in [1.54, 1.807) is 4.90 Å². The molecule has 6 heteroatoms. The van der Waals surface area contributed by atoms with Crippen molar-refractivity contribution in [2.24, 2.45) is 0 Å². The minimum atomic E-state index is -0.846. The van der Waals surface area contributed by atoms with Gasteiger partial charge in [0.15, 0.2) is 0 Å². The zero-order valence-electron chi connectivity index (χ0n) is 17.2. The fourth-order valence-corrected chi connectivity index (χ4v) is 3.60. The van der Waals surface area contributed by atoms with Gasteiger partial charge in [0.1, 0.15) is 12.6 Å². The second-order valence-electron chi connectivity index (χ2n) is 7.42. The summed E-state index contributed by atoms with van der Waals surface area (Å²) in [6.07, 6.45) is 4.18. The predicted octanol–water partition coefficient (Wildman–Crippen LogP) is 3.58. The second-order valence-corrected chi connectivity index (χ2v) is 7.42. The molecule has 0 aliphatic carbocycles. The number of hydrogen-bond acceptors (Lipinski definition) is 4. The van der Waals surface area contributed by atoms with Crippen molar-refractivity contribution in [2.75, 3.05) is 19.6 Å². The summed E-state index contributed by atoms with van der Waals surface area (Å²) in [5, 5.41) is 10.4. The molecule has 0 bridgehead atoms. The monoisotopic (exact) mass is 390 g/mol. The Kier molecular flexibility index (Phi) is 9.28. The van der Waals surface area contributed by atoms with Crippen molar-refractivity contribution >= 4 is 12.0 Å². The van der Waals surface area contributed by atoms with Crippen LogP contribution in [-0.2, 0) is 16.1 Å². The Labute approximate surface area is 168 Å². The Balaban J connectivity index is 1.98. The molecule has 2 amide bonds. The summed E-state index contributed by atoms with van der Waals surface area (Å²) in [6.45, 7) is 5.99. The van der Waals surface area contributed by atoms with E-state index in [4.69, 9.17) is 4.74 Å². The number of ether oxygens (including phenoxy) is 1. The molecule has 1 saturated heterocycles. The van der Waals surface area contributed by atoms with Crippen LogP contribution in [0.15, 0.2) is 30.3 Å². The van der Waals surface area contributed by atoms with Crippen molar-refractivity contribution in [1.82, 2.24) is 9.80 Å². The van der Waals surface area contributed by atoms with Crippen LogP contribution in [0, 0.1) is 0 Å². The number of carbonyl (C=O) groups is 2. The maximum atomic E-state index is 13.1. The van der Waals surface area contributed by atoms with Crippen molar-refractivity contribution in [1.29, 1.82) is 0 Å². The lowest BCUT2D eigenvalue weighted by atomic mass is 10.1. The molecule has 0 spiro atoms. The van der Waals surface area contributed by atoms with Crippen molar-refractivity contribution < 1.29 is 19.4 Å². The molecule has 1 aromatic rings. The Hall–Kier alpha value is -2.08. The van der Waals surface area contributed by atoms with Gasteiger partial charge in [-0.25, -0.2) is 4.79 Å². The maximum absolute atomic E-state index is 13.1. The third-order valence-corrected chi connectivity index (χ3v) is 5.15. The highest BCUT2D eigenvalue weighted by Crippen LogP contribution is 2.22. The summed E-state index contributed by atoms with van der Waals surface area (Å²) in [7, 11) is 0. The fourth-order valence-electron chi connectivity index (χ4n) is 3.60. The van der Waals surface area contributed by atoms with Gasteiger partial charge < -0.3 is 14.7 Å². The molecule has 0 aromatic heterocycles. The van der Waals surface area contributed by atoms with Crippen LogP contribution in [0.3, 0.4) is 0 Å². The summed E-state index contributed by atoms with van der Waals surface area (Å²) >= 11 is 0. The number of amides is 2. The first-order chi connectivity index (χ1) is 13.6. The molecule has 2 atom stereocenters. The minimum absolute atomic E-state index is 0.156. The van der Waals surface area contributed by atoms with Crippen LogP contribution in [0.5, 0.6) is 0 Å². The average Bonchev–Trinajstić information content (AvgIpc) is 3.10. The normalized spacial score (nSPS) is 18.9. The van der Waals surface area contributed by atoms with E-state index in [9.17, 15) is 14.7 Å². The lowest BCUT2D eigenvalue weighted by Gasteiger charge is -2.31. The third kappa shape index (κ3) is 6.23. The van der Waals surface area contributed by atoms with E-state index in [0.29, 0.717) is 26.1 Å². The minimum Gasteiger partial charge on any atom is -0.445 e. The molecule has 1 N–H and O–H groups in total. The molecule has 1 fully saturated rings. The van der Waals surface area contributed by atoms with Gasteiger partial charge in [-0.3, -0.25) is 9.69 Å². The fraction of sp³-hybridized carbons (Fsp3) is 0.636. The number of unbranched alkanes of at least 4 members (excludes halogenated alkanes) is 3. The predicted molar refractivity (Wildman–Crippen MR) is 109 cm³/mol. The number of benzene rings is 1. The number of carbonyl (C=O) groups excluding carboxylic acids is 2. The Bertz CT molecular complexity index is 608. The Morgan fingerprint density at radius 3 is 2.54 bits per heavy atom. The summed E-state index contributed by atoms with van der Waals surface area (Å²) < 4.78 is 5.40. The van der Waals surface area contributed by atoms with Gasteiger partial charge in [0, 0.05) is 19.6 Å². The van der Waals surface area contributed by atoms with Crippen LogP contribution in [-0.4, -0.2) is 58.7 Å². The molecule has 2 rings (SSSR count). The van der Waals surface area contributed by atoms with Gasteiger partial charge in [-0.15, -0.1) is 0 Å². The molecule has 1 unspecified atom stereocenters. The van der Waals surface area contributed by atoms with E-state index in [1.807, 2.05) is 37.3 Å². The number of aliphatic hydroxyl groups excluding tert-OH is 1. The first kappa shape index (κ1) is 22.2. The van der Waals surface area contributed by atoms with E-state index in [1.165, 1.54) is 4.90 Å². The highest BCUT2D eigenvalue weighted by Gasteiger charge is 2.43. The SMILES string of the molecule is CCCCCCN(CCC)C(=O)[C@@H]1C(O)CCN1C(=O)OCc1ccccc1. The summed E-state index contributed by atoms with van der Waals surface area (Å²) in [5.41, 5.74) is 0.891. The van der Waals surface area contributed by atoms with Crippen LogP contribution in [0.2, 0.25) is 0 Å².